The van der Waals surface area contributed by atoms with E-state index in [1.807, 2.05) is 19.1 Å². The first-order valence-corrected chi connectivity index (χ1v) is 12.7. The van der Waals surface area contributed by atoms with Crippen LogP contribution in [-0.2, 0) is 14.9 Å². The molecule has 128 valence electrons. The van der Waals surface area contributed by atoms with E-state index in [0.717, 1.165) is 48.1 Å². The number of benzene rings is 1. The molecule has 1 aromatic carbocycles. The zero-order valence-corrected chi connectivity index (χ0v) is 16.6. The van der Waals surface area contributed by atoms with Crippen LogP contribution in [0.4, 0.5) is 0 Å². The van der Waals surface area contributed by atoms with Gasteiger partial charge in [0.1, 0.15) is 5.78 Å². The average molecular weight is 353 g/mol. The van der Waals surface area contributed by atoms with Crippen LogP contribution in [0.25, 0.3) is 0 Å². The SMILES string of the molecule is Cc1cc(C2(COCC[Si](C)(C)C)CCCCC2=O)ccc1Cl. The van der Waals surface area contributed by atoms with Gasteiger partial charge in [0.25, 0.3) is 0 Å². The van der Waals surface area contributed by atoms with Crippen LogP contribution in [0.15, 0.2) is 18.2 Å². The summed E-state index contributed by atoms with van der Waals surface area (Å²) < 4.78 is 6.03. The Labute approximate surface area is 146 Å². The molecule has 0 saturated heterocycles. The van der Waals surface area contributed by atoms with Gasteiger partial charge in [-0.25, -0.2) is 0 Å². The molecule has 1 atom stereocenters. The van der Waals surface area contributed by atoms with E-state index in [-0.39, 0.29) is 0 Å². The third-order valence-electron chi connectivity index (χ3n) is 4.85. The van der Waals surface area contributed by atoms with Crippen molar-refractivity contribution in [3.63, 3.8) is 0 Å². The predicted molar refractivity (Wildman–Crippen MR) is 100 cm³/mol. The first-order chi connectivity index (χ1) is 10.7. The van der Waals surface area contributed by atoms with E-state index >= 15 is 0 Å². The molecule has 1 aliphatic rings. The number of ketones is 1. The second kappa shape index (κ2) is 7.50. The van der Waals surface area contributed by atoms with Crippen molar-refractivity contribution < 1.29 is 9.53 Å². The highest BCUT2D eigenvalue weighted by molar-refractivity contribution is 6.76. The first kappa shape index (κ1) is 18.7. The molecule has 0 amide bonds. The Balaban J connectivity index is 2.19. The van der Waals surface area contributed by atoms with E-state index < -0.39 is 13.5 Å². The van der Waals surface area contributed by atoms with Crippen molar-refractivity contribution in [2.75, 3.05) is 13.2 Å². The molecule has 1 unspecified atom stereocenters. The highest BCUT2D eigenvalue weighted by atomic mass is 35.5. The molecule has 0 aliphatic heterocycles. The topological polar surface area (TPSA) is 26.3 Å². The number of halogens is 1. The largest absolute Gasteiger partial charge is 0.380 e. The molecule has 2 nitrogen and oxygen atoms in total. The minimum Gasteiger partial charge on any atom is -0.380 e. The van der Waals surface area contributed by atoms with Gasteiger partial charge in [-0.15, -0.1) is 0 Å². The van der Waals surface area contributed by atoms with E-state index in [4.69, 9.17) is 16.3 Å². The first-order valence-electron chi connectivity index (χ1n) is 8.62. The Bertz CT molecular complexity index is 565. The molecule has 0 aromatic heterocycles. The quantitative estimate of drug-likeness (QED) is 0.507. The average Bonchev–Trinajstić information content (AvgIpc) is 2.47. The summed E-state index contributed by atoms with van der Waals surface area (Å²) in [6.45, 7) is 10.3. The van der Waals surface area contributed by atoms with Crippen LogP contribution in [0.1, 0.15) is 36.8 Å². The lowest BCUT2D eigenvalue weighted by atomic mass is 9.69. The van der Waals surface area contributed by atoms with Crippen LogP contribution in [0.2, 0.25) is 30.7 Å². The molecule has 1 aromatic rings. The number of hydrogen-bond donors (Lipinski definition) is 0. The van der Waals surface area contributed by atoms with E-state index in [1.54, 1.807) is 0 Å². The molecular formula is C19H29ClO2Si. The lowest BCUT2D eigenvalue weighted by molar-refractivity contribution is -0.129. The molecule has 1 fully saturated rings. The van der Waals surface area contributed by atoms with Crippen molar-refractivity contribution >= 4 is 25.5 Å². The molecule has 4 heteroatoms. The van der Waals surface area contributed by atoms with Crippen LogP contribution < -0.4 is 0 Å². The lowest BCUT2D eigenvalue weighted by Gasteiger charge is -2.36. The van der Waals surface area contributed by atoms with Crippen molar-refractivity contribution in [3.8, 4) is 0 Å². The van der Waals surface area contributed by atoms with E-state index in [9.17, 15) is 4.79 Å². The van der Waals surface area contributed by atoms with E-state index in [2.05, 4.69) is 25.7 Å². The summed E-state index contributed by atoms with van der Waals surface area (Å²) in [4.78, 5) is 12.8. The summed E-state index contributed by atoms with van der Waals surface area (Å²) in [5, 5.41) is 0.756. The summed E-state index contributed by atoms with van der Waals surface area (Å²) >= 11 is 6.17. The van der Waals surface area contributed by atoms with Gasteiger partial charge in [0, 0.05) is 26.1 Å². The van der Waals surface area contributed by atoms with Gasteiger partial charge in [0.15, 0.2) is 0 Å². The normalized spacial score (nSPS) is 22.4. The van der Waals surface area contributed by atoms with Crippen LogP contribution in [0.5, 0.6) is 0 Å². The zero-order chi connectivity index (χ0) is 17.1. The summed E-state index contributed by atoms with van der Waals surface area (Å²) in [6, 6.07) is 7.14. The molecule has 0 radical (unpaired) electrons. The number of ether oxygens (including phenoxy) is 1. The fourth-order valence-corrected chi connectivity index (χ4v) is 4.07. The number of carbonyl (C=O) groups excluding carboxylic acids is 1. The maximum absolute atomic E-state index is 12.8. The van der Waals surface area contributed by atoms with Gasteiger partial charge in [0.05, 0.1) is 12.0 Å². The molecule has 1 aliphatic carbocycles. The van der Waals surface area contributed by atoms with Crippen molar-refractivity contribution in [1.29, 1.82) is 0 Å². The minimum absolute atomic E-state index is 0.332. The lowest BCUT2D eigenvalue weighted by Crippen LogP contribution is -2.43. The van der Waals surface area contributed by atoms with Crippen LogP contribution in [0.3, 0.4) is 0 Å². The van der Waals surface area contributed by atoms with Crippen molar-refractivity contribution in [1.82, 2.24) is 0 Å². The predicted octanol–water partition coefficient (Wildman–Crippen LogP) is 5.38. The van der Waals surface area contributed by atoms with Crippen LogP contribution in [0, 0.1) is 6.92 Å². The number of rotatable bonds is 6. The zero-order valence-electron chi connectivity index (χ0n) is 14.9. The summed E-state index contributed by atoms with van der Waals surface area (Å²) in [5.74, 6) is 0.332. The van der Waals surface area contributed by atoms with Gasteiger partial charge < -0.3 is 4.74 Å². The molecule has 2 rings (SSSR count). The van der Waals surface area contributed by atoms with Crippen LogP contribution >= 0.6 is 11.6 Å². The number of carbonyl (C=O) groups is 1. The standard InChI is InChI=1S/C19H29ClO2Si/c1-15-13-16(8-9-17(15)20)19(10-6-5-7-18(19)21)14-22-11-12-23(2,3)4/h8-9,13H,5-7,10-12,14H2,1-4H3. The Kier molecular flexibility index (Phi) is 6.09. The van der Waals surface area contributed by atoms with Crippen molar-refractivity contribution in [2.45, 2.75) is 63.7 Å². The molecule has 0 N–H and O–H groups in total. The Morgan fingerprint density at radius 3 is 2.61 bits per heavy atom. The molecule has 0 spiro atoms. The Hall–Kier alpha value is -0.643. The van der Waals surface area contributed by atoms with Gasteiger partial charge >= 0.3 is 0 Å². The third kappa shape index (κ3) is 4.68. The molecular weight excluding hydrogens is 324 g/mol. The van der Waals surface area contributed by atoms with Gasteiger partial charge in [-0.1, -0.05) is 49.8 Å². The van der Waals surface area contributed by atoms with Crippen molar-refractivity contribution in [3.05, 3.63) is 34.3 Å². The number of Topliss-reactive ketones (excluding diaryl/α,β-unsaturated/α-hetero) is 1. The maximum Gasteiger partial charge on any atom is 0.145 e. The third-order valence-corrected chi connectivity index (χ3v) is 6.97. The highest BCUT2D eigenvalue weighted by Crippen LogP contribution is 2.38. The Morgan fingerprint density at radius 1 is 1.26 bits per heavy atom. The molecule has 0 bridgehead atoms. The van der Waals surface area contributed by atoms with E-state index in [0.29, 0.717) is 18.8 Å². The van der Waals surface area contributed by atoms with Crippen molar-refractivity contribution in [2.24, 2.45) is 0 Å². The summed E-state index contributed by atoms with van der Waals surface area (Å²) in [7, 11) is -1.11. The molecule has 0 heterocycles. The van der Waals surface area contributed by atoms with Gasteiger partial charge in [-0.05, 0) is 43.0 Å². The minimum atomic E-state index is -1.11. The molecule has 23 heavy (non-hydrogen) atoms. The second-order valence-electron chi connectivity index (χ2n) is 8.04. The highest BCUT2D eigenvalue weighted by Gasteiger charge is 2.41. The van der Waals surface area contributed by atoms with Gasteiger partial charge in [-0.2, -0.15) is 0 Å². The molecule has 1 saturated carbocycles. The monoisotopic (exact) mass is 352 g/mol. The summed E-state index contributed by atoms with van der Waals surface area (Å²) in [6.07, 6.45) is 3.64. The smallest absolute Gasteiger partial charge is 0.145 e. The number of aryl methyl sites for hydroxylation is 1. The van der Waals surface area contributed by atoms with Gasteiger partial charge in [-0.3, -0.25) is 4.79 Å². The summed E-state index contributed by atoms with van der Waals surface area (Å²) in [5.41, 5.74) is 1.65. The van der Waals surface area contributed by atoms with E-state index in [1.165, 1.54) is 0 Å². The maximum atomic E-state index is 12.8. The van der Waals surface area contributed by atoms with Crippen LogP contribution in [-0.4, -0.2) is 27.1 Å². The fraction of sp³-hybridized carbons (Fsp3) is 0.632. The Morgan fingerprint density at radius 2 is 2.00 bits per heavy atom. The van der Waals surface area contributed by atoms with Gasteiger partial charge in [0.2, 0.25) is 0 Å². The second-order valence-corrected chi connectivity index (χ2v) is 14.1. The number of hydrogen-bond acceptors (Lipinski definition) is 2. The fourth-order valence-electron chi connectivity index (χ4n) is 3.20.